The molecule has 2 heterocycles. The van der Waals surface area contributed by atoms with Crippen molar-refractivity contribution in [2.24, 2.45) is 5.73 Å². The molecule has 2 aromatic rings. The lowest BCUT2D eigenvalue weighted by Crippen LogP contribution is -2.46. The molecule has 1 atom stereocenters. The Kier molecular flexibility index (Phi) is 4.02. The van der Waals surface area contributed by atoms with E-state index >= 15 is 0 Å². The molecule has 6 nitrogen and oxygen atoms in total. The predicted molar refractivity (Wildman–Crippen MR) is 91.5 cm³/mol. The summed E-state index contributed by atoms with van der Waals surface area (Å²) < 4.78 is 1.73. The van der Waals surface area contributed by atoms with Crippen molar-refractivity contribution in [3.05, 3.63) is 40.9 Å². The Morgan fingerprint density at radius 2 is 2.04 bits per heavy atom. The lowest BCUT2D eigenvalue weighted by atomic mass is 10.1. The summed E-state index contributed by atoms with van der Waals surface area (Å²) in [4.78, 5) is 19.1. The van der Waals surface area contributed by atoms with E-state index in [4.69, 9.17) is 17.3 Å². The highest BCUT2D eigenvalue weighted by Crippen LogP contribution is 2.40. The highest BCUT2D eigenvalue weighted by molar-refractivity contribution is 6.32. The van der Waals surface area contributed by atoms with Gasteiger partial charge < -0.3 is 10.6 Å². The number of aromatic nitrogens is 3. The van der Waals surface area contributed by atoms with Crippen molar-refractivity contribution in [1.29, 1.82) is 0 Å². The van der Waals surface area contributed by atoms with Gasteiger partial charge in [-0.3, -0.25) is 4.79 Å². The molecule has 0 bridgehead atoms. The molecule has 1 unspecified atom stereocenters. The lowest BCUT2D eigenvalue weighted by Gasteiger charge is -2.29. The molecular weight excluding hydrogens is 326 g/mol. The molecule has 1 aromatic heterocycles. The zero-order valence-electron chi connectivity index (χ0n) is 13.4. The predicted octanol–water partition coefficient (Wildman–Crippen LogP) is 2.36. The maximum Gasteiger partial charge on any atom is 0.293 e. The van der Waals surface area contributed by atoms with Gasteiger partial charge in [0.25, 0.3) is 5.91 Å². The summed E-state index contributed by atoms with van der Waals surface area (Å²) in [6, 6.07) is 7.54. The third-order valence-corrected chi connectivity index (χ3v) is 4.91. The molecule has 0 spiro atoms. The second-order valence-corrected chi connectivity index (χ2v) is 6.99. The van der Waals surface area contributed by atoms with Crippen LogP contribution in [0.3, 0.4) is 0 Å². The van der Waals surface area contributed by atoms with Gasteiger partial charge in [0.1, 0.15) is 5.82 Å². The maximum atomic E-state index is 12.8. The number of nitrogens with zero attached hydrogens (tertiary/aromatic N) is 4. The van der Waals surface area contributed by atoms with Crippen LogP contribution < -0.4 is 5.73 Å². The van der Waals surface area contributed by atoms with Crippen molar-refractivity contribution >= 4 is 17.5 Å². The monoisotopic (exact) mass is 345 g/mol. The minimum atomic E-state index is -0.141. The molecule has 2 N–H and O–H groups in total. The number of nitrogens with two attached hydrogens (primary N) is 1. The third-order valence-electron chi connectivity index (χ3n) is 4.59. The molecule has 1 aliphatic heterocycles. The summed E-state index contributed by atoms with van der Waals surface area (Å²) in [6.07, 6.45) is 4.03. The summed E-state index contributed by atoms with van der Waals surface area (Å²) >= 11 is 6.31. The van der Waals surface area contributed by atoms with Crippen LogP contribution in [0.2, 0.25) is 5.02 Å². The van der Waals surface area contributed by atoms with Crippen LogP contribution in [0.25, 0.3) is 5.69 Å². The molecule has 1 aliphatic carbocycles. The van der Waals surface area contributed by atoms with Gasteiger partial charge in [-0.15, -0.1) is 5.10 Å². The number of likely N-dealkylation sites (tertiary alicyclic amines) is 1. The summed E-state index contributed by atoms with van der Waals surface area (Å²) in [7, 11) is 0. The fraction of sp³-hybridized carbons (Fsp3) is 0.471. The molecule has 1 saturated carbocycles. The number of carbonyl (C=O) groups excluding carboxylic acids is 1. The number of carbonyl (C=O) groups is 1. The highest BCUT2D eigenvalue weighted by Gasteiger charge is 2.33. The molecule has 2 fully saturated rings. The first-order valence-electron chi connectivity index (χ1n) is 8.40. The van der Waals surface area contributed by atoms with Crippen molar-refractivity contribution in [1.82, 2.24) is 19.7 Å². The molecule has 1 saturated heterocycles. The van der Waals surface area contributed by atoms with Gasteiger partial charge in [0.05, 0.1) is 10.7 Å². The Balaban J connectivity index is 1.69. The third kappa shape index (κ3) is 2.91. The first-order valence-corrected chi connectivity index (χ1v) is 8.78. The number of benzene rings is 1. The number of amides is 1. The van der Waals surface area contributed by atoms with E-state index in [0.717, 1.165) is 37.2 Å². The van der Waals surface area contributed by atoms with E-state index in [1.54, 1.807) is 9.58 Å². The average molecular weight is 346 g/mol. The van der Waals surface area contributed by atoms with Gasteiger partial charge in [0, 0.05) is 25.0 Å². The van der Waals surface area contributed by atoms with Crippen LogP contribution >= 0.6 is 11.6 Å². The molecule has 24 heavy (non-hydrogen) atoms. The van der Waals surface area contributed by atoms with Crippen molar-refractivity contribution in [2.75, 3.05) is 13.1 Å². The fourth-order valence-electron chi connectivity index (χ4n) is 3.16. The molecule has 4 rings (SSSR count). The number of halogens is 1. The van der Waals surface area contributed by atoms with Crippen LogP contribution in [-0.4, -0.2) is 44.7 Å². The molecular formula is C17H20ClN5O. The smallest absolute Gasteiger partial charge is 0.293 e. The van der Waals surface area contributed by atoms with Crippen LogP contribution in [0.5, 0.6) is 0 Å². The first kappa shape index (κ1) is 15.6. The second-order valence-electron chi connectivity index (χ2n) is 6.58. The zero-order valence-corrected chi connectivity index (χ0v) is 14.1. The number of piperidine rings is 1. The number of hydrogen-bond acceptors (Lipinski definition) is 4. The van der Waals surface area contributed by atoms with Crippen LogP contribution in [0.4, 0.5) is 0 Å². The minimum absolute atomic E-state index is 0.0382. The SMILES string of the molecule is NC1CCCN(C(=O)c2nc(C3CC3)n(-c3ccccc3Cl)n2)C1. The quantitative estimate of drug-likeness (QED) is 0.926. The van der Waals surface area contributed by atoms with Crippen LogP contribution in [-0.2, 0) is 0 Å². The minimum Gasteiger partial charge on any atom is -0.334 e. The van der Waals surface area contributed by atoms with Gasteiger partial charge in [0.2, 0.25) is 5.82 Å². The molecule has 2 aliphatic rings. The Bertz CT molecular complexity index is 770. The van der Waals surface area contributed by atoms with Gasteiger partial charge in [0.15, 0.2) is 0 Å². The zero-order chi connectivity index (χ0) is 16.7. The number of rotatable bonds is 3. The van der Waals surface area contributed by atoms with Gasteiger partial charge in [-0.25, -0.2) is 9.67 Å². The Labute approximate surface area is 145 Å². The van der Waals surface area contributed by atoms with Gasteiger partial charge >= 0.3 is 0 Å². The summed E-state index contributed by atoms with van der Waals surface area (Å²) in [5.74, 6) is 1.29. The normalized spacial score (nSPS) is 21.1. The number of para-hydroxylation sites is 1. The molecule has 126 valence electrons. The van der Waals surface area contributed by atoms with E-state index in [1.807, 2.05) is 24.3 Å². The lowest BCUT2D eigenvalue weighted by molar-refractivity contribution is 0.0696. The van der Waals surface area contributed by atoms with Crippen molar-refractivity contribution in [2.45, 2.75) is 37.6 Å². The van der Waals surface area contributed by atoms with E-state index < -0.39 is 0 Å². The average Bonchev–Trinajstić information content (AvgIpc) is 3.34. The second kappa shape index (κ2) is 6.18. The van der Waals surface area contributed by atoms with Crippen molar-refractivity contribution in [3.63, 3.8) is 0 Å². The summed E-state index contributed by atoms with van der Waals surface area (Å²) in [5, 5.41) is 5.09. The first-order chi connectivity index (χ1) is 11.6. The van der Waals surface area contributed by atoms with Gasteiger partial charge in [-0.1, -0.05) is 23.7 Å². The van der Waals surface area contributed by atoms with Crippen molar-refractivity contribution in [3.8, 4) is 5.69 Å². The Morgan fingerprint density at radius 1 is 1.25 bits per heavy atom. The van der Waals surface area contributed by atoms with Crippen molar-refractivity contribution < 1.29 is 4.79 Å². The Morgan fingerprint density at radius 3 is 2.75 bits per heavy atom. The molecule has 0 radical (unpaired) electrons. The number of hydrogen-bond donors (Lipinski definition) is 1. The maximum absolute atomic E-state index is 12.8. The van der Waals surface area contributed by atoms with Crippen LogP contribution in [0.15, 0.2) is 24.3 Å². The highest BCUT2D eigenvalue weighted by atomic mass is 35.5. The van der Waals surface area contributed by atoms with Crippen LogP contribution in [0, 0.1) is 0 Å². The van der Waals surface area contributed by atoms with Gasteiger partial charge in [-0.05, 0) is 37.8 Å². The molecule has 1 amide bonds. The standard InChI is InChI=1S/C17H20ClN5O/c18-13-5-1-2-6-14(13)23-16(11-7-8-11)20-15(21-23)17(24)22-9-3-4-12(19)10-22/h1-2,5-6,11-12H,3-4,7-10,19H2. The van der Waals surface area contributed by atoms with Gasteiger partial charge in [-0.2, -0.15) is 0 Å². The van der Waals surface area contributed by atoms with Crippen LogP contribution in [0.1, 0.15) is 48.0 Å². The summed E-state index contributed by atoms with van der Waals surface area (Å²) in [6.45, 7) is 1.28. The molecule has 1 aromatic carbocycles. The Hall–Kier alpha value is -1.92. The largest absolute Gasteiger partial charge is 0.334 e. The topological polar surface area (TPSA) is 77.0 Å². The van der Waals surface area contributed by atoms with E-state index in [2.05, 4.69) is 10.1 Å². The fourth-order valence-corrected chi connectivity index (χ4v) is 3.37. The van der Waals surface area contributed by atoms with E-state index in [-0.39, 0.29) is 17.8 Å². The molecule has 7 heteroatoms. The van der Waals surface area contributed by atoms with E-state index in [1.165, 1.54) is 0 Å². The summed E-state index contributed by atoms with van der Waals surface area (Å²) in [5.41, 5.74) is 6.75. The van der Waals surface area contributed by atoms with E-state index in [0.29, 0.717) is 24.0 Å². The van der Waals surface area contributed by atoms with E-state index in [9.17, 15) is 4.79 Å².